The third kappa shape index (κ3) is 2.16. The highest BCUT2D eigenvalue weighted by molar-refractivity contribution is 5.85. The molecule has 0 aliphatic rings. The zero-order valence-electron chi connectivity index (χ0n) is 11.3. The highest BCUT2D eigenvalue weighted by Crippen LogP contribution is 2.12. The summed E-state index contributed by atoms with van der Waals surface area (Å²) in [6.07, 6.45) is 2.53. The van der Waals surface area contributed by atoms with Crippen molar-refractivity contribution in [3.8, 4) is 0 Å². The fourth-order valence-electron chi connectivity index (χ4n) is 2.15. The van der Waals surface area contributed by atoms with Gasteiger partial charge in [0.1, 0.15) is 11.2 Å². The van der Waals surface area contributed by atoms with E-state index < -0.39 is 0 Å². The topological polar surface area (TPSA) is 98.7 Å². The van der Waals surface area contributed by atoms with Crippen LogP contribution in [0.25, 0.3) is 11.0 Å². The van der Waals surface area contributed by atoms with E-state index in [9.17, 15) is 9.59 Å². The Kier molecular flexibility index (Phi) is 3.73. The van der Waals surface area contributed by atoms with E-state index in [4.69, 9.17) is 5.73 Å². The average Bonchev–Trinajstić information content (AvgIpc) is 2.77. The van der Waals surface area contributed by atoms with Gasteiger partial charge in [0.05, 0.1) is 0 Å². The molecule has 2 heterocycles. The maximum absolute atomic E-state index is 12.3. The lowest BCUT2D eigenvalue weighted by molar-refractivity contribution is 0.543. The molecular formula is C12H19N5O2. The Hall–Kier alpha value is -2.05. The smallest absolute Gasteiger partial charge is 0.332 e. The molecule has 0 atom stereocenters. The number of nitrogens with one attached hydrogen (secondary N) is 1. The van der Waals surface area contributed by atoms with Crippen molar-refractivity contribution in [3.05, 3.63) is 20.8 Å². The first kappa shape index (κ1) is 13.4. The summed E-state index contributed by atoms with van der Waals surface area (Å²) in [7, 11) is 0. The standard InChI is InChI=1S/C12H19N5O2/c1-3-5-7-16-10-8(9(13)14-15-10)11(18)17(6-4-2)12(16)19/h3-7H2,1-2H3,(H3,13,14,15). The SMILES string of the molecule is CCCCn1c(=O)n(CCC)c(=O)c2c(N)[nH]nc21. The molecule has 0 fully saturated rings. The number of aryl methyl sites for hydroxylation is 1. The van der Waals surface area contributed by atoms with E-state index in [1.807, 2.05) is 13.8 Å². The maximum atomic E-state index is 12.3. The fourth-order valence-corrected chi connectivity index (χ4v) is 2.15. The Morgan fingerprint density at radius 3 is 2.53 bits per heavy atom. The number of nitrogens with two attached hydrogens (primary N) is 1. The Morgan fingerprint density at radius 1 is 1.16 bits per heavy atom. The summed E-state index contributed by atoms with van der Waals surface area (Å²) in [5, 5.41) is 6.89. The molecule has 0 saturated carbocycles. The third-order valence-electron chi connectivity index (χ3n) is 3.13. The van der Waals surface area contributed by atoms with Crippen molar-refractivity contribution in [1.29, 1.82) is 0 Å². The van der Waals surface area contributed by atoms with Gasteiger partial charge < -0.3 is 5.73 Å². The van der Waals surface area contributed by atoms with E-state index in [0.717, 1.165) is 12.8 Å². The fraction of sp³-hybridized carbons (Fsp3) is 0.583. The second-order valence-corrected chi connectivity index (χ2v) is 4.58. The van der Waals surface area contributed by atoms with Crippen molar-refractivity contribution in [1.82, 2.24) is 19.3 Å². The van der Waals surface area contributed by atoms with Gasteiger partial charge in [-0.1, -0.05) is 20.3 Å². The second kappa shape index (κ2) is 5.29. The summed E-state index contributed by atoms with van der Waals surface area (Å²) in [6.45, 7) is 4.90. The Bertz CT molecular complexity index is 694. The molecule has 0 radical (unpaired) electrons. The molecule has 0 bridgehead atoms. The van der Waals surface area contributed by atoms with E-state index in [1.54, 1.807) is 0 Å². The van der Waals surface area contributed by atoms with E-state index >= 15 is 0 Å². The molecular weight excluding hydrogens is 246 g/mol. The molecule has 3 N–H and O–H groups in total. The largest absolute Gasteiger partial charge is 0.383 e. The van der Waals surface area contributed by atoms with Crippen LogP contribution in [0.4, 0.5) is 5.82 Å². The van der Waals surface area contributed by atoms with Gasteiger partial charge in [-0.25, -0.2) is 4.79 Å². The quantitative estimate of drug-likeness (QED) is 0.830. The number of aromatic nitrogens is 4. The van der Waals surface area contributed by atoms with E-state index in [1.165, 1.54) is 9.13 Å². The van der Waals surface area contributed by atoms with Crippen molar-refractivity contribution in [2.24, 2.45) is 0 Å². The minimum atomic E-state index is -0.360. The van der Waals surface area contributed by atoms with Crippen LogP contribution >= 0.6 is 0 Å². The van der Waals surface area contributed by atoms with Crippen molar-refractivity contribution in [2.75, 3.05) is 5.73 Å². The third-order valence-corrected chi connectivity index (χ3v) is 3.13. The van der Waals surface area contributed by atoms with Crippen LogP contribution in [0.3, 0.4) is 0 Å². The van der Waals surface area contributed by atoms with E-state index in [-0.39, 0.29) is 17.1 Å². The minimum absolute atomic E-state index is 0.218. The zero-order valence-corrected chi connectivity index (χ0v) is 11.3. The first-order chi connectivity index (χ1) is 9.11. The summed E-state index contributed by atoms with van der Waals surface area (Å²) in [6, 6.07) is 0. The summed E-state index contributed by atoms with van der Waals surface area (Å²) in [4.78, 5) is 24.6. The van der Waals surface area contributed by atoms with Gasteiger partial charge in [-0.05, 0) is 12.8 Å². The number of H-pyrrole nitrogens is 1. The number of hydrogen-bond donors (Lipinski definition) is 2. The number of rotatable bonds is 5. The first-order valence-electron chi connectivity index (χ1n) is 6.59. The number of fused-ring (bicyclic) bond motifs is 1. The molecule has 0 saturated heterocycles. The highest BCUT2D eigenvalue weighted by Gasteiger charge is 2.17. The van der Waals surface area contributed by atoms with Crippen LogP contribution in [0.2, 0.25) is 0 Å². The molecule has 0 aromatic carbocycles. The molecule has 7 nitrogen and oxygen atoms in total. The van der Waals surface area contributed by atoms with Gasteiger partial charge in [-0.2, -0.15) is 5.10 Å². The molecule has 0 aliphatic heterocycles. The predicted molar refractivity (Wildman–Crippen MR) is 74.2 cm³/mol. The molecule has 2 rings (SSSR count). The lowest BCUT2D eigenvalue weighted by atomic mass is 10.3. The molecule has 2 aromatic rings. The summed E-state index contributed by atoms with van der Waals surface area (Å²) in [5.74, 6) is 0.218. The molecule has 0 amide bonds. The molecule has 0 aliphatic carbocycles. The Morgan fingerprint density at radius 2 is 1.89 bits per heavy atom. The number of nitrogen functional groups attached to an aromatic ring is 1. The van der Waals surface area contributed by atoms with Crippen molar-refractivity contribution >= 4 is 16.9 Å². The first-order valence-corrected chi connectivity index (χ1v) is 6.59. The molecule has 0 spiro atoms. The van der Waals surface area contributed by atoms with Gasteiger partial charge in [-0.3, -0.25) is 19.0 Å². The van der Waals surface area contributed by atoms with Crippen molar-refractivity contribution in [3.63, 3.8) is 0 Å². The van der Waals surface area contributed by atoms with Crippen molar-refractivity contribution in [2.45, 2.75) is 46.2 Å². The molecule has 19 heavy (non-hydrogen) atoms. The maximum Gasteiger partial charge on any atom is 0.332 e. The average molecular weight is 265 g/mol. The van der Waals surface area contributed by atoms with Crippen LogP contribution in [0.15, 0.2) is 9.59 Å². The van der Waals surface area contributed by atoms with Gasteiger partial charge in [0, 0.05) is 13.1 Å². The monoisotopic (exact) mass is 265 g/mol. The normalized spacial score (nSPS) is 11.3. The molecule has 2 aromatic heterocycles. The van der Waals surface area contributed by atoms with E-state index in [0.29, 0.717) is 30.5 Å². The van der Waals surface area contributed by atoms with Crippen LogP contribution in [0.5, 0.6) is 0 Å². The van der Waals surface area contributed by atoms with Crippen LogP contribution in [-0.4, -0.2) is 19.3 Å². The lowest BCUT2D eigenvalue weighted by Gasteiger charge is -2.10. The zero-order chi connectivity index (χ0) is 14.0. The molecule has 0 unspecified atom stereocenters. The van der Waals surface area contributed by atoms with Gasteiger partial charge in [0.2, 0.25) is 0 Å². The second-order valence-electron chi connectivity index (χ2n) is 4.58. The number of unbranched alkanes of at least 4 members (excludes halogenated alkanes) is 1. The van der Waals surface area contributed by atoms with Crippen LogP contribution < -0.4 is 17.0 Å². The number of anilines is 1. The number of aromatic amines is 1. The van der Waals surface area contributed by atoms with Gasteiger partial charge in [0.25, 0.3) is 5.56 Å². The van der Waals surface area contributed by atoms with Crippen LogP contribution in [0, 0.1) is 0 Å². The molecule has 104 valence electrons. The van der Waals surface area contributed by atoms with Crippen LogP contribution in [-0.2, 0) is 13.1 Å². The van der Waals surface area contributed by atoms with Gasteiger partial charge >= 0.3 is 5.69 Å². The highest BCUT2D eigenvalue weighted by atomic mass is 16.2. The Balaban J connectivity index is 2.78. The van der Waals surface area contributed by atoms with Gasteiger partial charge in [-0.15, -0.1) is 0 Å². The number of hydrogen-bond acceptors (Lipinski definition) is 4. The van der Waals surface area contributed by atoms with E-state index in [2.05, 4.69) is 10.2 Å². The summed E-state index contributed by atoms with van der Waals surface area (Å²) < 4.78 is 2.77. The minimum Gasteiger partial charge on any atom is -0.383 e. The number of nitrogens with zero attached hydrogens (tertiary/aromatic N) is 3. The van der Waals surface area contributed by atoms with Crippen LogP contribution in [0.1, 0.15) is 33.1 Å². The summed E-state index contributed by atoms with van der Waals surface area (Å²) >= 11 is 0. The molecule has 7 heteroatoms. The Labute approximate surface area is 110 Å². The predicted octanol–water partition coefficient (Wildman–Crippen LogP) is 0.679. The lowest BCUT2D eigenvalue weighted by Crippen LogP contribution is -2.40. The summed E-state index contributed by atoms with van der Waals surface area (Å²) in [5.41, 5.74) is 5.43. The van der Waals surface area contributed by atoms with Crippen molar-refractivity contribution < 1.29 is 0 Å². The van der Waals surface area contributed by atoms with Gasteiger partial charge in [0.15, 0.2) is 5.65 Å².